The molecule has 1 aliphatic heterocycles. The number of hydrogen-bond donors (Lipinski definition) is 1. The van der Waals surface area contributed by atoms with Crippen LogP contribution in [-0.4, -0.2) is 29.7 Å². The Balaban J connectivity index is 1.97. The maximum atomic E-state index is 6.27. The van der Waals surface area contributed by atoms with Gasteiger partial charge in [0.15, 0.2) is 0 Å². The Hall–Kier alpha value is -1.36. The first kappa shape index (κ1) is 14.6. The molecule has 0 bridgehead atoms. The van der Waals surface area contributed by atoms with Crippen molar-refractivity contribution >= 4 is 10.9 Å². The van der Waals surface area contributed by atoms with Gasteiger partial charge in [-0.05, 0) is 35.2 Å². The van der Waals surface area contributed by atoms with E-state index in [1.807, 2.05) is 0 Å². The molecule has 1 aromatic carbocycles. The molecule has 21 heavy (non-hydrogen) atoms. The van der Waals surface area contributed by atoms with Gasteiger partial charge in [-0.2, -0.15) is 0 Å². The molecule has 4 heteroatoms. The predicted octanol–water partition coefficient (Wildman–Crippen LogP) is 2.55. The van der Waals surface area contributed by atoms with Crippen molar-refractivity contribution < 1.29 is 4.74 Å². The summed E-state index contributed by atoms with van der Waals surface area (Å²) in [7, 11) is 3.87. The molecule has 2 heterocycles. The molecule has 3 rings (SSSR count). The van der Waals surface area contributed by atoms with Crippen molar-refractivity contribution in [3.8, 4) is 0 Å². The second kappa shape index (κ2) is 5.79. The number of ether oxygens (including phenoxy) is 1. The number of methoxy groups -OCH3 is 1. The van der Waals surface area contributed by atoms with Gasteiger partial charge in [-0.1, -0.05) is 6.92 Å². The number of fused-ring (bicyclic) bond motifs is 2. The van der Waals surface area contributed by atoms with Crippen molar-refractivity contribution in [2.24, 2.45) is 12.8 Å². The van der Waals surface area contributed by atoms with Gasteiger partial charge in [0.2, 0.25) is 0 Å². The van der Waals surface area contributed by atoms with E-state index in [1.165, 1.54) is 27.6 Å². The molecule has 0 radical (unpaired) electrons. The molecule has 114 valence electrons. The van der Waals surface area contributed by atoms with Gasteiger partial charge in [-0.15, -0.1) is 0 Å². The minimum Gasteiger partial charge on any atom is -0.383 e. The van der Waals surface area contributed by atoms with E-state index in [1.54, 1.807) is 7.11 Å². The zero-order valence-electron chi connectivity index (χ0n) is 13.2. The molecule has 0 aliphatic carbocycles. The molecule has 1 aromatic heterocycles. The Labute approximate surface area is 126 Å². The Morgan fingerprint density at radius 2 is 2.00 bits per heavy atom. The smallest absolute Gasteiger partial charge is 0.0589 e. The lowest BCUT2D eigenvalue weighted by molar-refractivity contribution is 0.147. The van der Waals surface area contributed by atoms with E-state index in [-0.39, 0.29) is 6.04 Å². The molecular formula is C17H25N3O. The first-order chi connectivity index (χ1) is 10.1. The third-order valence-corrected chi connectivity index (χ3v) is 4.58. The van der Waals surface area contributed by atoms with Gasteiger partial charge >= 0.3 is 0 Å². The highest BCUT2D eigenvalue weighted by Gasteiger charge is 2.21. The predicted molar refractivity (Wildman–Crippen MR) is 86.1 cm³/mol. The second-order valence-electron chi connectivity index (χ2n) is 6.05. The van der Waals surface area contributed by atoms with Crippen LogP contribution in [0.15, 0.2) is 18.3 Å². The van der Waals surface area contributed by atoms with Gasteiger partial charge in [0, 0.05) is 56.9 Å². The lowest BCUT2D eigenvalue weighted by Gasteiger charge is -2.13. The quantitative estimate of drug-likeness (QED) is 0.919. The van der Waals surface area contributed by atoms with Gasteiger partial charge in [-0.3, -0.25) is 4.90 Å². The first-order valence-electron chi connectivity index (χ1n) is 7.71. The van der Waals surface area contributed by atoms with Crippen LogP contribution in [0, 0.1) is 0 Å². The summed E-state index contributed by atoms with van der Waals surface area (Å²) < 4.78 is 7.39. The minimum atomic E-state index is 0.123. The van der Waals surface area contributed by atoms with E-state index in [0.717, 1.165) is 32.7 Å². The Bertz CT molecular complexity index is 647. The molecule has 2 N–H and O–H groups in total. The van der Waals surface area contributed by atoms with Crippen LogP contribution in [0.3, 0.4) is 0 Å². The highest BCUT2D eigenvalue weighted by Crippen LogP contribution is 2.32. The fraction of sp³-hybridized carbons (Fsp3) is 0.529. The second-order valence-corrected chi connectivity index (χ2v) is 6.05. The molecule has 1 aliphatic rings. The van der Waals surface area contributed by atoms with Crippen LogP contribution in [0.2, 0.25) is 0 Å². The van der Waals surface area contributed by atoms with Gasteiger partial charge in [0.05, 0.1) is 6.61 Å². The monoisotopic (exact) mass is 287 g/mol. The van der Waals surface area contributed by atoms with Crippen molar-refractivity contribution in [1.29, 1.82) is 0 Å². The van der Waals surface area contributed by atoms with Crippen molar-refractivity contribution in [1.82, 2.24) is 9.47 Å². The summed E-state index contributed by atoms with van der Waals surface area (Å²) in [5.74, 6) is 0. The number of hydrogen-bond acceptors (Lipinski definition) is 3. The van der Waals surface area contributed by atoms with Crippen LogP contribution < -0.4 is 5.73 Å². The summed E-state index contributed by atoms with van der Waals surface area (Å²) in [5.41, 5.74) is 11.7. The maximum absolute atomic E-state index is 6.27. The molecule has 0 amide bonds. The molecule has 2 aromatic rings. The van der Waals surface area contributed by atoms with Crippen LogP contribution >= 0.6 is 0 Å². The summed E-state index contributed by atoms with van der Waals surface area (Å²) in [4.78, 5) is 2.44. The molecule has 0 fully saturated rings. The van der Waals surface area contributed by atoms with E-state index in [4.69, 9.17) is 10.5 Å². The largest absolute Gasteiger partial charge is 0.383 e. The van der Waals surface area contributed by atoms with Crippen LogP contribution in [0.5, 0.6) is 0 Å². The van der Waals surface area contributed by atoms with Gasteiger partial charge in [0.1, 0.15) is 0 Å². The number of rotatable bonds is 5. The summed E-state index contributed by atoms with van der Waals surface area (Å²) in [6, 6.07) is 4.81. The number of nitrogens with zero attached hydrogens (tertiary/aromatic N) is 2. The van der Waals surface area contributed by atoms with Crippen LogP contribution in [0.1, 0.15) is 36.1 Å². The van der Waals surface area contributed by atoms with E-state index in [2.05, 4.69) is 41.8 Å². The zero-order chi connectivity index (χ0) is 15.0. The fourth-order valence-electron chi connectivity index (χ4n) is 3.27. The number of aryl methyl sites for hydroxylation is 1. The molecule has 0 spiro atoms. The molecular weight excluding hydrogens is 262 g/mol. The average molecular weight is 287 g/mol. The number of nitrogens with two attached hydrogens (primary N) is 1. The van der Waals surface area contributed by atoms with E-state index in [9.17, 15) is 0 Å². The van der Waals surface area contributed by atoms with Crippen molar-refractivity contribution in [3.05, 3.63) is 35.0 Å². The summed E-state index contributed by atoms with van der Waals surface area (Å²) in [6.45, 7) is 5.96. The topological polar surface area (TPSA) is 43.4 Å². The summed E-state index contributed by atoms with van der Waals surface area (Å²) in [5, 5.41) is 1.32. The third-order valence-electron chi connectivity index (χ3n) is 4.58. The lowest BCUT2D eigenvalue weighted by Crippen LogP contribution is -2.21. The summed E-state index contributed by atoms with van der Waals surface area (Å²) >= 11 is 0. The van der Waals surface area contributed by atoms with Crippen LogP contribution in [-0.2, 0) is 24.9 Å². The van der Waals surface area contributed by atoms with Gasteiger partial charge in [0.25, 0.3) is 0 Å². The fourth-order valence-corrected chi connectivity index (χ4v) is 3.27. The molecule has 4 nitrogen and oxygen atoms in total. The van der Waals surface area contributed by atoms with Crippen LogP contribution in [0.4, 0.5) is 0 Å². The van der Waals surface area contributed by atoms with Crippen LogP contribution in [0.25, 0.3) is 10.9 Å². The average Bonchev–Trinajstić information content (AvgIpc) is 3.03. The third kappa shape index (κ3) is 2.59. The zero-order valence-corrected chi connectivity index (χ0v) is 13.2. The maximum Gasteiger partial charge on any atom is 0.0589 e. The van der Waals surface area contributed by atoms with E-state index >= 15 is 0 Å². The molecule has 0 saturated heterocycles. The highest BCUT2D eigenvalue weighted by atomic mass is 16.5. The Morgan fingerprint density at radius 3 is 2.67 bits per heavy atom. The standard InChI is InChI=1S/C17H25N3O/c1-4-16(18)15-11-19(2)17-8-13-10-20(5-6-21-3)9-12(13)7-14(15)17/h7-8,11,16H,4-6,9-10,18H2,1-3H3. The van der Waals surface area contributed by atoms with Crippen molar-refractivity contribution in [2.75, 3.05) is 20.3 Å². The Morgan fingerprint density at radius 1 is 1.29 bits per heavy atom. The lowest BCUT2D eigenvalue weighted by atomic mass is 10.0. The van der Waals surface area contributed by atoms with E-state index in [0.29, 0.717) is 0 Å². The SMILES string of the molecule is CCC(N)c1cn(C)c2cc3c(cc12)CN(CCOC)C3. The van der Waals surface area contributed by atoms with Crippen molar-refractivity contribution in [2.45, 2.75) is 32.5 Å². The normalized spacial score (nSPS) is 16.6. The van der Waals surface area contributed by atoms with Crippen molar-refractivity contribution in [3.63, 3.8) is 0 Å². The number of aromatic nitrogens is 1. The van der Waals surface area contributed by atoms with E-state index < -0.39 is 0 Å². The minimum absolute atomic E-state index is 0.123. The van der Waals surface area contributed by atoms with Gasteiger partial charge in [-0.25, -0.2) is 0 Å². The Kier molecular flexibility index (Phi) is 4.02. The molecule has 0 saturated carbocycles. The summed E-state index contributed by atoms with van der Waals surface area (Å²) in [6.07, 6.45) is 3.16. The molecule has 1 atom stereocenters. The highest BCUT2D eigenvalue weighted by molar-refractivity contribution is 5.86. The first-order valence-corrected chi connectivity index (χ1v) is 7.71. The van der Waals surface area contributed by atoms with Gasteiger partial charge < -0.3 is 15.0 Å². The molecule has 1 unspecified atom stereocenters. The number of benzene rings is 1.